The summed E-state index contributed by atoms with van der Waals surface area (Å²) in [6, 6.07) is 4.60. The summed E-state index contributed by atoms with van der Waals surface area (Å²) in [5, 5.41) is 21.8. The van der Waals surface area contributed by atoms with Crippen LogP contribution in [-0.4, -0.2) is 28.7 Å². The van der Waals surface area contributed by atoms with Gasteiger partial charge in [-0.2, -0.15) is 0 Å². The molecule has 0 amide bonds. The quantitative estimate of drug-likeness (QED) is 0.493. The molecule has 1 aromatic carbocycles. The maximum absolute atomic E-state index is 10.8. The molecular weight excluding hydrogens is 260 g/mol. The van der Waals surface area contributed by atoms with Crippen molar-refractivity contribution in [3.8, 4) is 11.5 Å². The van der Waals surface area contributed by atoms with Gasteiger partial charge in [0.25, 0.3) is 5.69 Å². The molecule has 0 atom stereocenters. The fraction of sp³-hybridized carbons (Fsp3) is 0.385. The Labute approximate surface area is 116 Å². The molecule has 1 aromatic heterocycles. The Balaban J connectivity index is 2.23. The monoisotopic (exact) mass is 276 g/mol. The van der Waals surface area contributed by atoms with Gasteiger partial charge in [-0.05, 0) is 32.5 Å². The Kier molecular flexibility index (Phi) is 4.41. The number of benzene rings is 1. The molecule has 0 saturated heterocycles. The topological polar surface area (TPSA) is 94.1 Å². The van der Waals surface area contributed by atoms with Crippen LogP contribution in [-0.2, 0) is 6.42 Å². The summed E-state index contributed by atoms with van der Waals surface area (Å²) in [6.45, 7) is 2.72. The van der Waals surface area contributed by atoms with Crippen molar-refractivity contribution < 1.29 is 9.34 Å². The first-order valence-electron chi connectivity index (χ1n) is 6.34. The van der Waals surface area contributed by atoms with Gasteiger partial charge in [-0.1, -0.05) is 6.07 Å². The van der Waals surface area contributed by atoms with Gasteiger partial charge in [-0.25, -0.2) is 0 Å². The summed E-state index contributed by atoms with van der Waals surface area (Å²) < 4.78 is 5.56. The van der Waals surface area contributed by atoms with Crippen molar-refractivity contribution >= 4 is 5.69 Å². The van der Waals surface area contributed by atoms with Crippen molar-refractivity contribution in [2.45, 2.75) is 19.8 Å². The second kappa shape index (κ2) is 6.25. The van der Waals surface area contributed by atoms with Crippen molar-refractivity contribution in [3.63, 3.8) is 0 Å². The lowest BCUT2D eigenvalue weighted by Crippen LogP contribution is -2.08. The Morgan fingerprint density at radius 2 is 2.20 bits per heavy atom. The lowest BCUT2D eigenvalue weighted by atomic mass is 10.1. The highest BCUT2D eigenvalue weighted by Gasteiger charge is 2.15. The smallest absolute Gasteiger partial charge is 0.270 e. The van der Waals surface area contributed by atoms with Gasteiger partial charge >= 0.3 is 0 Å². The van der Waals surface area contributed by atoms with Crippen LogP contribution in [0.5, 0.6) is 0 Å². The number of nitro groups is 1. The molecule has 1 heterocycles. The Morgan fingerprint density at radius 1 is 1.40 bits per heavy atom. The highest BCUT2D eigenvalue weighted by molar-refractivity contribution is 5.62. The molecule has 0 radical (unpaired) electrons. The zero-order valence-corrected chi connectivity index (χ0v) is 11.4. The van der Waals surface area contributed by atoms with E-state index in [1.54, 1.807) is 6.07 Å². The number of aromatic nitrogens is 2. The van der Waals surface area contributed by atoms with Gasteiger partial charge in [0.2, 0.25) is 11.8 Å². The normalized spacial score (nSPS) is 10.7. The van der Waals surface area contributed by atoms with Crippen molar-refractivity contribution in [1.29, 1.82) is 0 Å². The second-order valence-electron chi connectivity index (χ2n) is 4.46. The van der Waals surface area contributed by atoms with Gasteiger partial charge in [0.1, 0.15) is 0 Å². The van der Waals surface area contributed by atoms with Crippen LogP contribution >= 0.6 is 0 Å². The van der Waals surface area contributed by atoms with Crippen molar-refractivity contribution in [3.05, 3.63) is 39.8 Å². The molecule has 7 heteroatoms. The first kappa shape index (κ1) is 14.1. The van der Waals surface area contributed by atoms with Crippen molar-refractivity contribution in [2.75, 3.05) is 13.6 Å². The zero-order chi connectivity index (χ0) is 14.5. The molecule has 0 saturated carbocycles. The largest absolute Gasteiger partial charge is 0.421 e. The molecule has 106 valence electrons. The highest BCUT2D eigenvalue weighted by atomic mass is 16.6. The number of rotatable bonds is 6. The fourth-order valence-corrected chi connectivity index (χ4v) is 1.83. The van der Waals surface area contributed by atoms with Crippen LogP contribution in [0.25, 0.3) is 11.5 Å². The molecule has 1 N–H and O–H groups in total. The molecule has 2 aromatic rings. The number of nitrogens with zero attached hydrogens (tertiary/aromatic N) is 3. The van der Waals surface area contributed by atoms with E-state index in [9.17, 15) is 10.1 Å². The maximum Gasteiger partial charge on any atom is 0.270 e. The van der Waals surface area contributed by atoms with Crippen LogP contribution in [0.15, 0.2) is 22.6 Å². The number of hydrogen-bond donors (Lipinski definition) is 1. The van der Waals surface area contributed by atoms with E-state index >= 15 is 0 Å². The molecule has 0 unspecified atom stereocenters. The summed E-state index contributed by atoms with van der Waals surface area (Å²) in [7, 11) is 1.88. The lowest BCUT2D eigenvalue weighted by molar-refractivity contribution is -0.384. The van der Waals surface area contributed by atoms with Gasteiger partial charge in [0.15, 0.2) is 0 Å². The van der Waals surface area contributed by atoms with Crippen LogP contribution in [0, 0.1) is 17.0 Å². The molecule has 0 aliphatic rings. The SMILES string of the molecule is CNCCCc1nnc(-c2cc([N+](=O)[O-])ccc2C)o1. The highest BCUT2D eigenvalue weighted by Crippen LogP contribution is 2.26. The van der Waals surface area contributed by atoms with E-state index in [0.717, 1.165) is 18.5 Å². The van der Waals surface area contributed by atoms with E-state index in [2.05, 4.69) is 15.5 Å². The van der Waals surface area contributed by atoms with Gasteiger partial charge in [0, 0.05) is 24.1 Å². The maximum atomic E-state index is 10.8. The van der Waals surface area contributed by atoms with Crippen LogP contribution in [0.2, 0.25) is 0 Å². The molecule has 0 aliphatic heterocycles. The minimum absolute atomic E-state index is 0.0144. The lowest BCUT2D eigenvalue weighted by Gasteiger charge is -2.00. The number of aryl methyl sites for hydroxylation is 2. The van der Waals surface area contributed by atoms with E-state index in [-0.39, 0.29) is 5.69 Å². The molecule has 20 heavy (non-hydrogen) atoms. The van der Waals surface area contributed by atoms with Gasteiger partial charge in [-0.3, -0.25) is 10.1 Å². The average Bonchev–Trinajstić information content (AvgIpc) is 2.88. The van der Waals surface area contributed by atoms with Crippen LogP contribution < -0.4 is 5.32 Å². The minimum atomic E-state index is -0.437. The molecular formula is C13H16N4O3. The summed E-state index contributed by atoms with van der Waals surface area (Å²) in [6.07, 6.45) is 1.58. The molecule has 7 nitrogen and oxygen atoms in total. The standard InChI is InChI=1S/C13H16N4O3/c1-9-5-6-10(17(18)19)8-11(9)13-16-15-12(20-13)4-3-7-14-2/h5-6,8,14H,3-4,7H2,1-2H3. The zero-order valence-electron chi connectivity index (χ0n) is 11.4. The first-order chi connectivity index (χ1) is 9.61. The predicted molar refractivity (Wildman–Crippen MR) is 73.4 cm³/mol. The van der Waals surface area contributed by atoms with Gasteiger partial charge < -0.3 is 9.73 Å². The first-order valence-corrected chi connectivity index (χ1v) is 6.34. The Morgan fingerprint density at radius 3 is 2.90 bits per heavy atom. The average molecular weight is 276 g/mol. The van der Waals surface area contributed by atoms with Crippen molar-refractivity contribution in [1.82, 2.24) is 15.5 Å². The predicted octanol–water partition coefficient (Wildman–Crippen LogP) is 2.11. The van der Waals surface area contributed by atoms with Crippen LogP contribution in [0.1, 0.15) is 17.9 Å². The third-order valence-corrected chi connectivity index (χ3v) is 2.95. The third-order valence-electron chi connectivity index (χ3n) is 2.95. The summed E-state index contributed by atoms with van der Waals surface area (Å²) in [5.74, 6) is 0.867. The second-order valence-corrected chi connectivity index (χ2v) is 4.46. The van der Waals surface area contributed by atoms with E-state index in [0.29, 0.717) is 23.8 Å². The van der Waals surface area contributed by atoms with E-state index in [4.69, 9.17) is 4.42 Å². The molecule has 0 aliphatic carbocycles. The molecule has 2 rings (SSSR count). The summed E-state index contributed by atoms with van der Waals surface area (Å²) in [5.41, 5.74) is 1.48. The van der Waals surface area contributed by atoms with E-state index < -0.39 is 4.92 Å². The van der Waals surface area contributed by atoms with Crippen LogP contribution in [0.3, 0.4) is 0 Å². The summed E-state index contributed by atoms with van der Waals surface area (Å²) in [4.78, 5) is 10.4. The van der Waals surface area contributed by atoms with Crippen LogP contribution in [0.4, 0.5) is 5.69 Å². The van der Waals surface area contributed by atoms with E-state index in [1.165, 1.54) is 12.1 Å². The minimum Gasteiger partial charge on any atom is -0.421 e. The number of nitrogens with one attached hydrogen (secondary N) is 1. The number of non-ortho nitro benzene ring substituents is 1. The molecule has 0 fully saturated rings. The fourth-order valence-electron chi connectivity index (χ4n) is 1.83. The molecule has 0 bridgehead atoms. The molecule has 0 spiro atoms. The number of nitro benzene ring substituents is 1. The third kappa shape index (κ3) is 3.18. The number of hydrogen-bond acceptors (Lipinski definition) is 6. The van der Waals surface area contributed by atoms with Crippen molar-refractivity contribution in [2.24, 2.45) is 0 Å². The Bertz CT molecular complexity index is 609. The van der Waals surface area contributed by atoms with Gasteiger partial charge in [0.05, 0.1) is 4.92 Å². The Hall–Kier alpha value is -2.28. The van der Waals surface area contributed by atoms with Gasteiger partial charge in [-0.15, -0.1) is 10.2 Å². The van der Waals surface area contributed by atoms with E-state index in [1.807, 2.05) is 14.0 Å². The summed E-state index contributed by atoms with van der Waals surface area (Å²) >= 11 is 0.